The second-order valence-corrected chi connectivity index (χ2v) is 6.01. The van der Waals surface area contributed by atoms with Crippen molar-refractivity contribution in [1.82, 2.24) is 30.4 Å². The van der Waals surface area contributed by atoms with Crippen molar-refractivity contribution in [1.29, 1.82) is 0 Å². The maximum Gasteiger partial charge on any atom is 0.271 e. The SMILES string of the molecule is Cc1cc(Nc2cc(C)[nH]n2)nc(Cc2ccc3c(=O)[nH][nH]c3c2)n1. The van der Waals surface area contributed by atoms with Crippen LogP contribution < -0.4 is 10.9 Å². The monoisotopic (exact) mass is 335 g/mol. The average Bonchev–Trinajstić information content (AvgIpc) is 3.13. The van der Waals surface area contributed by atoms with Crippen LogP contribution in [0.2, 0.25) is 0 Å². The van der Waals surface area contributed by atoms with Gasteiger partial charge in [0, 0.05) is 29.9 Å². The summed E-state index contributed by atoms with van der Waals surface area (Å²) in [5, 5.41) is 16.3. The van der Waals surface area contributed by atoms with Crippen LogP contribution in [0.3, 0.4) is 0 Å². The summed E-state index contributed by atoms with van der Waals surface area (Å²) >= 11 is 0. The molecule has 4 aromatic rings. The molecule has 0 aliphatic heterocycles. The quantitative estimate of drug-likeness (QED) is 0.457. The highest BCUT2D eigenvalue weighted by Crippen LogP contribution is 2.17. The number of rotatable bonds is 4. The molecule has 0 spiro atoms. The molecule has 1 aromatic carbocycles. The van der Waals surface area contributed by atoms with Crippen molar-refractivity contribution >= 4 is 22.5 Å². The molecule has 8 nitrogen and oxygen atoms in total. The van der Waals surface area contributed by atoms with Crippen LogP contribution in [-0.4, -0.2) is 30.4 Å². The molecule has 25 heavy (non-hydrogen) atoms. The lowest BCUT2D eigenvalue weighted by molar-refractivity contribution is 0.945. The first-order chi connectivity index (χ1) is 12.1. The number of aromatic amines is 3. The van der Waals surface area contributed by atoms with E-state index in [2.05, 4.69) is 35.7 Å². The van der Waals surface area contributed by atoms with E-state index in [9.17, 15) is 4.79 Å². The predicted octanol–water partition coefficient (Wildman–Crippen LogP) is 2.32. The van der Waals surface area contributed by atoms with Gasteiger partial charge < -0.3 is 5.32 Å². The fourth-order valence-electron chi connectivity index (χ4n) is 2.76. The Morgan fingerprint density at radius 3 is 2.72 bits per heavy atom. The number of nitrogens with one attached hydrogen (secondary N) is 4. The second kappa shape index (κ2) is 5.90. The van der Waals surface area contributed by atoms with Gasteiger partial charge in [-0.3, -0.25) is 20.1 Å². The zero-order valence-electron chi connectivity index (χ0n) is 13.8. The Labute approximate surface area is 142 Å². The summed E-state index contributed by atoms with van der Waals surface area (Å²) in [6.07, 6.45) is 0.569. The summed E-state index contributed by atoms with van der Waals surface area (Å²) < 4.78 is 0. The third-order valence-electron chi connectivity index (χ3n) is 3.86. The Hall–Kier alpha value is -3.42. The van der Waals surface area contributed by atoms with E-state index in [1.165, 1.54) is 0 Å². The van der Waals surface area contributed by atoms with Crippen LogP contribution in [0.5, 0.6) is 0 Å². The molecule has 0 aliphatic carbocycles. The summed E-state index contributed by atoms with van der Waals surface area (Å²) in [6.45, 7) is 3.87. The largest absolute Gasteiger partial charge is 0.323 e. The number of anilines is 2. The summed E-state index contributed by atoms with van der Waals surface area (Å²) in [6, 6.07) is 9.44. The molecule has 0 aliphatic rings. The van der Waals surface area contributed by atoms with E-state index < -0.39 is 0 Å². The van der Waals surface area contributed by atoms with Crippen LogP contribution in [0.15, 0.2) is 35.1 Å². The lowest BCUT2D eigenvalue weighted by Crippen LogP contribution is -2.03. The molecule has 0 saturated carbocycles. The highest BCUT2D eigenvalue weighted by Gasteiger charge is 2.08. The molecule has 0 unspecified atom stereocenters. The Morgan fingerprint density at radius 1 is 1.04 bits per heavy atom. The Morgan fingerprint density at radius 2 is 1.92 bits per heavy atom. The predicted molar refractivity (Wildman–Crippen MR) is 95.1 cm³/mol. The Bertz CT molecular complexity index is 1110. The molecule has 126 valence electrons. The Kier molecular flexibility index (Phi) is 3.57. The molecule has 3 aromatic heterocycles. The van der Waals surface area contributed by atoms with Crippen molar-refractivity contribution in [3.05, 3.63) is 63.5 Å². The molecule has 0 bridgehead atoms. The van der Waals surface area contributed by atoms with Crippen molar-refractivity contribution in [3.8, 4) is 0 Å². The molecule has 0 saturated heterocycles. The van der Waals surface area contributed by atoms with Gasteiger partial charge in [0.05, 0.1) is 10.9 Å². The van der Waals surface area contributed by atoms with Gasteiger partial charge >= 0.3 is 0 Å². The van der Waals surface area contributed by atoms with E-state index in [-0.39, 0.29) is 5.56 Å². The zero-order chi connectivity index (χ0) is 17.4. The van der Waals surface area contributed by atoms with Crippen molar-refractivity contribution in [2.45, 2.75) is 20.3 Å². The number of benzene rings is 1. The summed E-state index contributed by atoms with van der Waals surface area (Å²) in [4.78, 5) is 20.6. The highest BCUT2D eigenvalue weighted by molar-refractivity contribution is 5.78. The minimum absolute atomic E-state index is 0.117. The number of aryl methyl sites for hydroxylation is 2. The number of hydrogen-bond acceptors (Lipinski definition) is 5. The number of H-pyrrole nitrogens is 3. The van der Waals surface area contributed by atoms with Gasteiger partial charge in [-0.2, -0.15) is 5.10 Å². The lowest BCUT2D eigenvalue weighted by Gasteiger charge is -2.07. The van der Waals surface area contributed by atoms with Crippen molar-refractivity contribution in [2.75, 3.05) is 5.32 Å². The van der Waals surface area contributed by atoms with Crippen LogP contribution in [0.25, 0.3) is 10.9 Å². The fraction of sp³-hybridized carbons (Fsp3) is 0.176. The normalized spacial score (nSPS) is 11.1. The average molecular weight is 335 g/mol. The summed E-state index contributed by atoms with van der Waals surface area (Å²) in [5.74, 6) is 2.12. The highest BCUT2D eigenvalue weighted by atomic mass is 16.1. The lowest BCUT2D eigenvalue weighted by atomic mass is 10.1. The maximum absolute atomic E-state index is 11.6. The van der Waals surface area contributed by atoms with Crippen LogP contribution >= 0.6 is 0 Å². The van der Waals surface area contributed by atoms with E-state index in [4.69, 9.17) is 0 Å². The first-order valence-electron chi connectivity index (χ1n) is 7.90. The van der Waals surface area contributed by atoms with E-state index in [1.807, 2.05) is 44.2 Å². The first-order valence-corrected chi connectivity index (χ1v) is 7.90. The molecular formula is C17H17N7O. The smallest absolute Gasteiger partial charge is 0.271 e. The molecule has 0 fully saturated rings. The molecule has 0 amide bonds. The van der Waals surface area contributed by atoms with Crippen LogP contribution in [-0.2, 0) is 6.42 Å². The molecule has 0 radical (unpaired) electrons. The number of hydrogen-bond donors (Lipinski definition) is 4. The van der Waals surface area contributed by atoms with Crippen molar-refractivity contribution < 1.29 is 0 Å². The molecule has 4 N–H and O–H groups in total. The van der Waals surface area contributed by atoms with Crippen molar-refractivity contribution in [3.63, 3.8) is 0 Å². The van der Waals surface area contributed by atoms with Gasteiger partial charge in [0.25, 0.3) is 5.56 Å². The zero-order valence-corrected chi connectivity index (χ0v) is 13.8. The van der Waals surface area contributed by atoms with Crippen LogP contribution in [0.4, 0.5) is 11.6 Å². The summed E-state index contributed by atoms with van der Waals surface area (Å²) in [5.41, 5.74) is 3.53. The van der Waals surface area contributed by atoms with Gasteiger partial charge in [0.15, 0.2) is 5.82 Å². The minimum atomic E-state index is -0.117. The van der Waals surface area contributed by atoms with Crippen LogP contribution in [0.1, 0.15) is 22.8 Å². The van der Waals surface area contributed by atoms with Gasteiger partial charge in [-0.1, -0.05) is 6.07 Å². The van der Waals surface area contributed by atoms with Gasteiger partial charge in [-0.15, -0.1) is 0 Å². The van der Waals surface area contributed by atoms with Gasteiger partial charge in [-0.05, 0) is 31.5 Å². The van der Waals surface area contributed by atoms with E-state index in [0.717, 1.165) is 22.5 Å². The second-order valence-electron chi connectivity index (χ2n) is 6.01. The fourth-order valence-corrected chi connectivity index (χ4v) is 2.76. The molecule has 4 rings (SSSR count). The number of fused-ring (bicyclic) bond motifs is 1. The van der Waals surface area contributed by atoms with Gasteiger partial charge in [-0.25, -0.2) is 9.97 Å². The van der Waals surface area contributed by atoms with Crippen LogP contribution in [0, 0.1) is 13.8 Å². The topological polar surface area (TPSA) is 115 Å². The van der Waals surface area contributed by atoms with E-state index >= 15 is 0 Å². The van der Waals surface area contributed by atoms with Gasteiger partial charge in [0.1, 0.15) is 11.6 Å². The molecule has 8 heteroatoms. The van der Waals surface area contributed by atoms with Gasteiger partial charge in [0.2, 0.25) is 0 Å². The number of nitrogens with zero attached hydrogens (tertiary/aromatic N) is 3. The third kappa shape index (κ3) is 3.14. The van der Waals surface area contributed by atoms with E-state index in [1.54, 1.807) is 0 Å². The number of aromatic nitrogens is 6. The maximum atomic E-state index is 11.6. The molecule has 0 atom stereocenters. The first kappa shape index (κ1) is 15.1. The summed E-state index contributed by atoms with van der Waals surface area (Å²) in [7, 11) is 0. The minimum Gasteiger partial charge on any atom is -0.323 e. The standard InChI is InChI=1S/C17H17N7O/c1-9-5-14(20-16-6-10(2)21-23-16)19-15(18-9)8-11-3-4-12-13(7-11)22-24-17(12)25/h3-7H,8H2,1-2H3,(H2,22,24,25)(H2,18,19,20,21,23). The van der Waals surface area contributed by atoms with Crippen molar-refractivity contribution in [2.24, 2.45) is 0 Å². The van der Waals surface area contributed by atoms with E-state index in [0.29, 0.717) is 29.3 Å². The Balaban J connectivity index is 1.61. The third-order valence-corrected chi connectivity index (χ3v) is 3.86. The molecular weight excluding hydrogens is 318 g/mol. The molecule has 3 heterocycles.